The summed E-state index contributed by atoms with van der Waals surface area (Å²) in [5.74, 6) is 1.13. The number of fused-ring (bicyclic) bond motifs is 1. The fourth-order valence-corrected chi connectivity index (χ4v) is 4.81. The highest BCUT2D eigenvalue weighted by Gasteiger charge is 2.29. The Morgan fingerprint density at radius 3 is 2.82 bits per heavy atom. The summed E-state index contributed by atoms with van der Waals surface area (Å²) in [6.45, 7) is 10.1. The van der Waals surface area contributed by atoms with E-state index in [0.29, 0.717) is 30.7 Å². The van der Waals surface area contributed by atoms with Crippen LogP contribution < -0.4 is 0 Å². The minimum absolute atomic E-state index is 0.301. The van der Waals surface area contributed by atoms with Crippen LogP contribution in [0, 0.1) is 12.8 Å². The number of benzene rings is 1. The lowest BCUT2D eigenvalue weighted by molar-refractivity contribution is -0.133. The van der Waals surface area contributed by atoms with E-state index in [0.717, 1.165) is 50.0 Å². The van der Waals surface area contributed by atoms with E-state index in [1.54, 1.807) is 0 Å². The summed E-state index contributed by atoms with van der Waals surface area (Å²) < 4.78 is 0. The van der Waals surface area contributed by atoms with Gasteiger partial charge in [0, 0.05) is 37.0 Å². The second-order valence-electron chi connectivity index (χ2n) is 8.75. The molecule has 1 atom stereocenters. The highest BCUT2D eigenvalue weighted by atomic mass is 16.2. The number of aryl methyl sites for hydroxylation is 1. The molecule has 2 aliphatic rings. The summed E-state index contributed by atoms with van der Waals surface area (Å²) in [5, 5.41) is 1.21. The number of piperidine rings is 2. The maximum Gasteiger partial charge on any atom is 0.223 e. The zero-order valence-corrected chi connectivity index (χ0v) is 17.2. The van der Waals surface area contributed by atoms with Crippen molar-refractivity contribution in [2.24, 2.45) is 5.92 Å². The zero-order chi connectivity index (χ0) is 19.7. The van der Waals surface area contributed by atoms with Gasteiger partial charge in [-0.05, 0) is 69.4 Å². The number of carbonyl (C=O) groups excluding carboxylic acids is 1. The van der Waals surface area contributed by atoms with Crippen molar-refractivity contribution in [2.45, 2.75) is 38.5 Å². The molecule has 0 spiro atoms. The summed E-state index contributed by atoms with van der Waals surface area (Å²) in [5.41, 5.74) is 4.72. The highest BCUT2D eigenvalue weighted by Crippen LogP contribution is 2.35. The average molecular weight is 378 g/mol. The number of aromatic nitrogens is 1. The number of likely N-dealkylation sites (tertiary alicyclic amines) is 2. The average Bonchev–Trinajstić information content (AvgIpc) is 2.70. The lowest BCUT2D eigenvalue weighted by Crippen LogP contribution is -2.41. The lowest BCUT2D eigenvalue weighted by Gasteiger charge is -2.36. The highest BCUT2D eigenvalue weighted by molar-refractivity contribution is 5.85. The van der Waals surface area contributed by atoms with Crippen molar-refractivity contribution < 1.29 is 4.79 Å². The van der Waals surface area contributed by atoms with Gasteiger partial charge in [0.1, 0.15) is 0 Å². The van der Waals surface area contributed by atoms with E-state index in [4.69, 9.17) is 0 Å². The van der Waals surface area contributed by atoms with Crippen molar-refractivity contribution >= 4 is 16.8 Å². The predicted molar refractivity (Wildman–Crippen MR) is 114 cm³/mol. The van der Waals surface area contributed by atoms with Crippen molar-refractivity contribution in [3.8, 4) is 0 Å². The van der Waals surface area contributed by atoms with E-state index in [1.165, 1.54) is 16.5 Å². The van der Waals surface area contributed by atoms with Gasteiger partial charge < -0.3 is 9.80 Å². The topological polar surface area (TPSA) is 36.4 Å². The molecule has 2 aliphatic heterocycles. The fourth-order valence-electron chi connectivity index (χ4n) is 4.81. The summed E-state index contributed by atoms with van der Waals surface area (Å²) in [7, 11) is 2.16. The first-order chi connectivity index (χ1) is 13.5. The maximum atomic E-state index is 13.0. The Hall–Kier alpha value is -2.20. The molecule has 2 saturated heterocycles. The van der Waals surface area contributed by atoms with Gasteiger partial charge in [0.15, 0.2) is 0 Å². The van der Waals surface area contributed by atoms with E-state index in [-0.39, 0.29) is 0 Å². The molecule has 0 saturated carbocycles. The van der Waals surface area contributed by atoms with E-state index in [1.807, 2.05) is 12.3 Å². The first-order valence-electron chi connectivity index (χ1n) is 10.5. The molecule has 1 aromatic heterocycles. The lowest BCUT2D eigenvalue weighted by atomic mass is 9.85. The Balaban J connectivity index is 1.52. The number of pyridine rings is 1. The number of hydrogen-bond donors (Lipinski definition) is 0. The van der Waals surface area contributed by atoms with Crippen LogP contribution >= 0.6 is 0 Å². The second kappa shape index (κ2) is 8.04. The molecule has 2 fully saturated rings. The largest absolute Gasteiger partial charge is 0.338 e. The third-order valence-electron chi connectivity index (χ3n) is 6.49. The molecular formula is C24H31N3O. The monoisotopic (exact) mass is 377 g/mol. The number of carbonyl (C=O) groups is 1. The minimum Gasteiger partial charge on any atom is -0.338 e. The SMILES string of the molecule is C=C1C[C@@H](c2ccc(C)c3ncccc23)CN(C(=O)CC2CCN(C)CC2)C1. The number of amides is 1. The van der Waals surface area contributed by atoms with E-state index in [9.17, 15) is 4.79 Å². The van der Waals surface area contributed by atoms with Crippen LogP contribution in [0.1, 0.15) is 42.7 Å². The van der Waals surface area contributed by atoms with Gasteiger partial charge in [0.25, 0.3) is 0 Å². The molecule has 28 heavy (non-hydrogen) atoms. The molecule has 3 heterocycles. The molecule has 0 radical (unpaired) electrons. The molecule has 2 aromatic rings. The van der Waals surface area contributed by atoms with Crippen LogP contribution in [-0.4, -0.2) is 53.9 Å². The van der Waals surface area contributed by atoms with Crippen LogP contribution in [0.25, 0.3) is 10.9 Å². The molecular weight excluding hydrogens is 346 g/mol. The van der Waals surface area contributed by atoms with Crippen molar-refractivity contribution in [2.75, 3.05) is 33.2 Å². The van der Waals surface area contributed by atoms with Crippen LogP contribution in [0.4, 0.5) is 0 Å². The molecule has 1 amide bonds. The smallest absolute Gasteiger partial charge is 0.223 e. The zero-order valence-electron chi connectivity index (χ0n) is 17.2. The van der Waals surface area contributed by atoms with Crippen molar-refractivity contribution in [1.29, 1.82) is 0 Å². The summed E-state index contributed by atoms with van der Waals surface area (Å²) in [6.07, 6.45) is 5.76. The maximum absolute atomic E-state index is 13.0. The van der Waals surface area contributed by atoms with Gasteiger partial charge in [-0.3, -0.25) is 9.78 Å². The summed E-state index contributed by atoms with van der Waals surface area (Å²) >= 11 is 0. The van der Waals surface area contributed by atoms with Gasteiger partial charge in [-0.25, -0.2) is 0 Å². The third-order valence-corrected chi connectivity index (χ3v) is 6.49. The Morgan fingerprint density at radius 1 is 1.25 bits per heavy atom. The van der Waals surface area contributed by atoms with Crippen LogP contribution in [0.5, 0.6) is 0 Å². The van der Waals surface area contributed by atoms with Crippen molar-refractivity contribution in [3.05, 3.63) is 53.7 Å². The second-order valence-corrected chi connectivity index (χ2v) is 8.75. The molecule has 148 valence electrons. The molecule has 4 nitrogen and oxygen atoms in total. The predicted octanol–water partition coefficient (Wildman–Crippen LogP) is 4.15. The van der Waals surface area contributed by atoms with Crippen molar-refractivity contribution in [3.63, 3.8) is 0 Å². The summed E-state index contributed by atoms with van der Waals surface area (Å²) in [4.78, 5) is 22.0. The quantitative estimate of drug-likeness (QED) is 0.754. The van der Waals surface area contributed by atoms with E-state index < -0.39 is 0 Å². The van der Waals surface area contributed by atoms with Gasteiger partial charge >= 0.3 is 0 Å². The molecule has 0 aliphatic carbocycles. The molecule has 1 aromatic carbocycles. The van der Waals surface area contributed by atoms with Crippen molar-refractivity contribution in [1.82, 2.24) is 14.8 Å². The Kier molecular flexibility index (Phi) is 5.49. The van der Waals surface area contributed by atoms with E-state index >= 15 is 0 Å². The van der Waals surface area contributed by atoms with Crippen LogP contribution in [0.15, 0.2) is 42.6 Å². The van der Waals surface area contributed by atoms with Gasteiger partial charge in [0.2, 0.25) is 5.91 Å². The first-order valence-corrected chi connectivity index (χ1v) is 10.5. The van der Waals surface area contributed by atoms with Gasteiger partial charge in [-0.1, -0.05) is 30.4 Å². The Labute approximate surface area is 168 Å². The number of hydrogen-bond acceptors (Lipinski definition) is 3. The molecule has 0 unspecified atom stereocenters. The summed E-state index contributed by atoms with van der Waals surface area (Å²) in [6, 6.07) is 8.55. The molecule has 0 bridgehead atoms. The Morgan fingerprint density at radius 2 is 2.04 bits per heavy atom. The molecule has 4 heteroatoms. The van der Waals surface area contributed by atoms with Gasteiger partial charge in [0.05, 0.1) is 5.52 Å². The van der Waals surface area contributed by atoms with Crippen LogP contribution in [0.3, 0.4) is 0 Å². The van der Waals surface area contributed by atoms with Gasteiger partial charge in [-0.15, -0.1) is 0 Å². The van der Waals surface area contributed by atoms with Gasteiger partial charge in [-0.2, -0.15) is 0 Å². The number of rotatable bonds is 3. The standard InChI is InChI=1S/C24H31N3O/c1-17-13-20(21-7-6-18(2)24-22(21)5-4-10-25-24)16-27(15-17)23(28)14-19-8-11-26(3)12-9-19/h4-7,10,19-20H,1,8-9,11-16H2,2-3H3/t20-/m1/s1. The minimum atomic E-state index is 0.301. The Bertz CT molecular complexity index is 883. The normalized spacial score (nSPS) is 22.0. The van der Waals surface area contributed by atoms with Crippen LogP contribution in [0.2, 0.25) is 0 Å². The first kappa shape index (κ1) is 19.1. The fraction of sp³-hybridized carbons (Fsp3) is 0.500. The molecule has 4 rings (SSSR count). The van der Waals surface area contributed by atoms with Crippen LogP contribution in [-0.2, 0) is 4.79 Å². The molecule has 0 N–H and O–H groups in total. The third kappa shape index (κ3) is 3.97. The van der Waals surface area contributed by atoms with E-state index in [2.05, 4.69) is 53.5 Å². The number of nitrogens with zero attached hydrogens (tertiary/aromatic N) is 3.